The van der Waals surface area contributed by atoms with Gasteiger partial charge in [-0.05, 0) is 23.8 Å². The summed E-state index contributed by atoms with van der Waals surface area (Å²) in [6.07, 6.45) is 3.52. The van der Waals surface area contributed by atoms with Crippen LogP contribution in [0.2, 0.25) is 5.02 Å². The number of nitrogens with zero attached hydrogens (tertiary/aromatic N) is 3. The Labute approximate surface area is 161 Å². The highest BCUT2D eigenvalue weighted by atomic mass is 35.5. The number of thiazole rings is 1. The van der Waals surface area contributed by atoms with Gasteiger partial charge in [0.25, 0.3) is 0 Å². The van der Waals surface area contributed by atoms with Crippen LogP contribution < -0.4 is 4.90 Å². The number of piperazine rings is 1. The number of amides is 1. The van der Waals surface area contributed by atoms with Crippen molar-refractivity contribution < 1.29 is 4.79 Å². The van der Waals surface area contributed by atoms with Crippen molar-refractivity contribution in [1.29, 1.82) is 0 Å². The molecule has 1 amide bonds. The van der Waals surface area contributed by atoms with Crippen LogP contribution in [0.4, 0.5) is 5.13 Å². The quantitative estimate of drug-likeness (QED) is 0.632. The standard InChI is InChI=1S/C20H18ClN3OS/c21-16-7-4-8-17-19(16)22-20(26-17)24-13-11-23(12-14-24)18(25)10-9-15-5-2-1-3-6-15/h1-10H,11-14H2/b10-9+. The van der Waals surface area contributed by atoms with Gasteiger partial charge in [-0.2, -0.15) is 0 Å². The first-order chi connectivity index (χ1) is 12.7. The van der Waals surface area contributed by atoms with Crippen LogP contribution in [-0.2, 0) is 4.79 Å². The van der Waals surface area contributed by atoms with Gasteiger partial charge in [0.05, 0.1) is 9.72 Å². The minimum Gasteiger partial charge on any atom is -0.345 e. The highest BCUT2D eigenvalue weighted by molar-refractivity contribution is 7.22. The lowest BCUT2D eigenvalue weighted by molar-refractivity contribution is -0.126. The molecule has 0 bridgehead atoms. The molecule has 1 aliphatic rings. The van der Waals surface area contributed by atoms with E-state index in [1.54, 1.807) is 17.4 Å². The number of hydrogen-bond donors (Lipinski definition) is 0. The van der Waals surface area contributed by atoms with Crippen molar-refractivity contribution in [1.82, 2.24) is 9.88 Å². The molecule has 1 aliphatic heterocycles. The van der Waals surface area contributed by atoms with Gasteiger partial charge in [-0.25, -0.2) is 4.98 Å². The molecule has 1 aromatic heterocycles. The summed E-state index contributed by atoms with van der Waals surface area (Å²) in [5.74, 6) is 0.0563. The zero-order chi connectivity index (χ0) is 17.9. The van der Waals surface area contributed by atoms with Crippen LogP contribution in [0.5, 0.6) is 0 Å². The molecule has 0 saturated carbocycles. The fourth-order valence-electron chi connectivity index (χ4n) is 2.99. The van der Waals surface area contributed by atoms with E-state index in [0.29, 0.717) is 18.1 Å². The van der Waals surface area contributed by atoms with E-state index < -0.39 is 0 Å². The van der Waals surface area contributed by atoms with E-state index in [1.807, 2.05) is 59.5 Å². The van der Waals surface area contributed by atoms with Gasteiger partial charge >= 0.3 is 0 Å². The van der Waals surface area contributed by atoms with E-state index in [9.17, 15) is 4.79 Å². The normalized spacial score (nSPS) is 15.1. The third-order valence-corrected chi connectivity index (χ3v) is 5.82. The zero-order valence-electron chi connectivity index (χ0n) is 14.1. The second-order valence-electron chi connectivity index (χ2n) is 6.14. The Morgan fingerprint density at radius 3 is 2.54 bits per heavy atom. The maximum Gasteiger partial charge on any atom is 0.246 e. The fraction of sp³-hybridized carbons (Fsp3) is 0.200. The van der Waals surface area contributed by atoms with Crippen molar-refractivity contribution in [2.24, 2.45) is 0 Å². The van der Waals surface area contributed by atoms with E-state index in [-0.39, 0.29) is 5.91 Å². The number of benzene rings is 2. The van der Waals surface area contributed by atoms with Crippen molar-refractivity contribution in [3.05, 3.63) is 65.2 Å². The van der Waals surface area contributed by atoms with Gasteiger partial charge in [0.2, 0.25) is 5.91 Å². The number of fused-ring (bicyclic) bond motifs is 1. The summed E-state index contributed by atoms with van der Waals surface area (Å²) in [6.45, 7) is 2.95. The van der Waals surface area contributed by atoms with Gasteiger partial charge in [0, 0.05) is 32.3 Å². The van der Waals surface area contributed by atoms with Crippen molar-refractivity contribution >= 4 is 50.3 Å². The van der Waals surface area contributed by atoms with Gasteiger partial charge in [0.1, 0.15) is 5.52 Å². The van der Waals surface area contributed by atoms with Crippen molar-refractivity contribution in [3.8, 4) is 0 Å². The molecular formula is C20H18ClN3OS. The first kappa shape index (κ1) is 17.1. The molecule has 0 spiro atoms. The zero-order valence-corrected chi connectivity index (χ0v) is 15.7. The number of aromatic nitrogens is 1. The summed E-state index contributed by atoms with van der Waals surface area (Å²) in [5, 5.41) is 1.66. The monoisotopic (exact) mass is 383 g/mol. The first-order valence-corrected chi connectivity index (χ1v) is 9.72. The minimum absolute atomic E-state index is 0.0563. The molecule has 1 fully saturated rings. The molecular weight excluding hydrogens is 366 g/mol. The van der Waals surface area contributed by atoms with E-state index in [2.05, 4.69) is 9.88 Å². The Hall–Kier alpha value is -2.37. The predicted octanol–water partition coefficient (Wildman–Crippen LogP) is 4.31. The van der Waals surface area contributed by atoms with Crippen LogP contribution in [0.25, 0.3) is 16.3 Å². The van der Waals surface area contributed by atoms with E-state index in [0.717, 1.165) is 34.0 Å². The molecule has 3 aromatic rings. The number of carbonyl (C=O) groups is 1. The topological polar surface area (TPSA) is 36.4 Å². The summed E-state index contributed by atoms with van der Waals surface area (Å²) < 4.78 is 1.09. The molecule has 0 unspecified atom stereocenters. The van der Waals surface area contributed by atoms with Gasteiger partial charge < -0.3 is 9.80 Å². The Morgan fingerprint density at radius 1 is 1.04 bits per heavy atom. The van der Waals surface area contributed by atoms with Crippen LogP contribution in [-0.4, -0.2) is 42.0 Å². The number of para-hydroxylation sites is 1. The molecule has 4 rings (SSSR count). The van der Waals surface area contributed by atoms with Crippen molar-refractivity contribution in [2.75, 3.05) is 31.1 Å². The molecule has 2 heterocycles. The highest BCUT2D eigenvalue weighted by Gasteiger charge is 2.22. The van der Waals surface area contributed by atoms with Gasteiger partial charge in [0.15, 0.2) is 5.13 Å². The molecule has 132 valence electrons. The summed E-state index contributed by atoms with van der Waals surface area (Å²) in [7, 11) is 0. The van der Waals surface area contributed by atoms with Crippen LogP contribution in [0.15, 0.2) is 54.6 Å². The van der Waals surface area contributed by atoms with Crippen molar-refractivity contribution in [3.63, 3.8) is 0 Å². The summed E-state index contributed by atoms with van der Waals surface area (Å²) in [5.41, 5.74) is 1.89. The van der Waals surface area contributed by atoms with Crippen LogP contribution in [0.3, 0.4) is 0 Å². The second-order valence-corrected chi connectivity index (χ2v) is 7.56. The number of halogens is 1. The Bertz CT molecular complexity index is 946. The lowest BCUT2D eigenvalue weighted by Crippen LogP contribution is -2.48. The van der Waals surface area contributed by atoms with Gasteiger partial charge in [-0.3, -0.25) is 4.79 Å². The minimum atomic E-state index is 0.0563. The van der Waals surface area contributed by atoms with Crippen LogP contribution in [0.1, 0.15) is 5.56 Å². The molecule has 0 N–H and O–H groups in total. The molecule has 4 nitrogen and oxygen atoms in total. The van der Waals surface area contributed by atoms with E-state index >= 15 is 0 Å². The smallest absolute Gasteiger partial charge is 0.246 e. The Balaban J connectivity index is 1.39. The largest absolute Gasteiger partial charge is 0.345 e. The molecule has 1 saturated heterocycles. The average Bonchev–Trinajstić information content (AvgIpc) is 3.13. The van der Waals surface area contributed by atoms with E-state index in [1.165, 1.54) is 0 Å². The highest BCUT2D eigenvalue weighted by Crippen LogP contribution is 2.33. The lowest BCUT2D eigenvalue weighted by Gasteiger charge is -2.34. The number of anilines is 1. The predicted molar refractivity (Wildman–Crippen MR) is 109 cm³/mol. The van der Waals surface area contributed by atoms with Gasteiger partial charge in [-0.1, -0.05) is 59.3 Å². The molecule has 0 radical (unpaired) electrons. The molecule has 0 atom stereocenters. The van der Waals surface area contributed by atoms with E-state index in [4.69, 9.17) is 11.6 Å². The average molecular weight is 384 g/mol. The Morgan fingerprint density at radius 2 is 1.81 bits per heavy atom. The number of rotatable bonds is 3. The molecule has 2 aromatic carbocycles. The number of hydrogen-bond acceptors (Lipinski definition) is 4. The SMILES string of the molecule is O=C(/C=C/c1ccccc1)N1CCN(c2nc3c(Cl)cccc3s2)CC1. The molecule has 0 aliphatic carbocycles. The maximum atomic E-state index is 12.4. The summed E-state index contributed by atoms with van der Waals surface area (Å²) in [4.78, 5) is 21.2. The van der Waals surface area contributed by atoms with Crippen LogP contribution >= 0.6 is 22.9 Å². The summed E-state index contributed by atoms with van der Waals surface area (Å²) >= 11 is 7.87. The lowest BCUT2D eigenvalue weighted by atomic mass is 10.2. The summed E-state index contributed by atoms with van der Waals surface area (Å²) in [6, 6.07) is 15.7. The maximum absolute atomic E-state index is 12.4. The fourth-order valence-corrected chi connectivity index (χ4v) is 4.31. The van der Waals surface area contributed by atoms with Crippen molar-refractivity contribution in [2.45, 2.75) is 0 Å². The first-order valence-electron chi connectivity index (χ1n) is 8.53. The third kappa shape index (κ3) is 3.59. The van der Waals surface area contributed by atoms with Crippen LogP contribution in [0, 0.1) is 0 Å². The second kappa shape index (κ2) is 7.48. The van der Waals surface area contributed by atoms with Gasteiger partial charge in [-0.15, -0.1) is 0 Å². The Kier molecular flexibility index (Phi) is 4.91. The third-order valence-electron chi connectivity index (χ3n) is 4.44. The number of carbonyl (C=O) groups excluding carboxylic acids is 1. The molecule has 26 heavy (non-hydrogen) atoms. The molecule has 6 heteroatoms.